The predicted molar refractivity (Wildman–Crippen MR) is 181 cm³/mol. The second-order valence-electron chi connectivity index (χ2n) is 13.2. The Bertz CT molecular complexity index is 1510. The van der Waals surface area contributed by atoms with Crippen LogP contribution in [0.2, 0.25) is 0 Å². The molecule has 6 rings (SSSR count). The van der Waals surface area contributed by atoms with E-state index in [-0.39, 0.29) is 11.8 Å². The fraction of sp³-hybridized carbons (Fsp3) is 0.588. The van der Waals surface area contributed by atoms with Crippen molar-refractivity contribution in [1.29, 1.82) is 0 Å². The van der Waals surface area contributed by atoms with Crippen molar-refractivity contribution in [3.8, 4) is 0 Å². The van der Waals surface area contributed by atoms with E-state index in [1.54, 1.807) is 26.2 Å². The molecular formula is C34H50N4O6S2. The van der Waals surface area contributed by atoms with Gasteiger partial charge in [0.1, 0.15) is 0 Å². The summed E-state index contributed by atoms with van der Waals surface area (Å²) in [5, 5.41) is 0. The maximum absolute atomic E-state index is 12.8. The number of hydrogen-bond acceptors (Lipinski definition) is 6. The lowest BCUT2D eigenvalue weighted by molar-refractivity contribution is 0.0737. The van der Waals surface area contributed by atoms with Gasteiger partial charge < -0.3 is 9.80 Å². The lowest BCUT2D eigenvalue weighted by Crippen LogP contribution is -2.34. The van der Waals surface area contributed by atoms with Crippen LogP contribution in [-0.4, -0.2) is 99.8 Å². The standard InChI is InChI=1S/C18H26N2O3S.C16H24N2O3S/c1-19(24(2,22)23)11-14-7-9-17(10-8-14)18(21)20-12-15-3-4-16(13-20)6-5-15;1-17(22(2,20)21)13-14-7-9-15(10-8-14)16(19)18-11-5-3-4-6-12-18/h7-10,15-16H,3-6,11-13H2,1-2H3;7-10H,3-6,11-13H2,1-2H3. The van der Waals surface area contributed by atoms with E-state index in [0.717, 1.165) is 50.1 Å². The summed E-state index contributed by atoms with van der Waals surface area (Å²) in [6.07, 6.45) is 11.9. The highest BCUT2D eigenvalue weighted by atomic mass is 32.2. The van der Waals surface area contributed by atoms with Gasteiger partial charge in [0.05, 0.1) is 12.5 Å². The van der Waals surface area contributed by atoms with Gasteiger partial charge in [0, 0.05) is 64.5 Å². The highest BCUT2D eigenvalue weighted by molar-refractivity contribution is 7.88. The monoisotopic (exact) mass is 674 g/mol. The molecule has 0 N–H and O–H groups in total. The van der Waals surface area contributed by atoms with Crippen molar-refractivity contribution < 1.29 is 26.4 Å². The van der Waals surface area contributed by atoms with Crippen molar-refractivity contribution in [1.82, 2.24) is 18.4 Å². The van der Waals surface area contributed by atoms with E-state index in [1.165, 1.54) is 59.6 Å². The molecule has 254 valence electrons. The SMILES string of the molecule is CN(Cc1ccc(C(=O)N2CC3CCC(CC3)C2)cc1)S(C)(=O)=O.CN(Cc1ccc(C(=O)N2CCCCCC2)cc1)S(C)(=O)=O. The van der Waals surface area contributed by atoms with Crippen LogP contribution in [0.3, 0.4) is 0 Å². The third kappa shape index (κ3) is 10.4. The predicted octanol–water partition coefficient (Wildman–Crippen LogP) is 4.43. The van der Waals surface area contributed by atoms with Gasteiger partial charge >= 0.3 is 0 Å². The molecule has 0 spiro atoms. The largest absolute Gasteiger partial charge is 0.339 e. The fourth-order valence-electron chi connectivity index (χ4n) is 6.35. The van der Waals surface area contributed by atoms with Crippen molar-refractivity contribution in [3.05, 3.63) is 70.8 Å². The molecule has 0 aromatic heterocycles. The number of carbonyl (C=O) groups excluding carboxylic acids is 2. The van der Waals surface area contributed by atoms with E-state index in [1.807, 2.05) is 46.2 Å². The molecule has 0 unspecified atom stereocenters. The molecule has 1 aliphatic carbocycles. The first-order chi connectivity index (χ1) is 21.7. The molecule has 46 heavy (non-hydrogen) atoms. The molecule has 3 aliphatic heterocycles. The molecule has 2 bridgehead atoms. The quantitative estimate of drug-likeness (QED) is 0.409. The Morgan fingerprint density at radius 1 is 0.609 bits per heavy atom. The summed E-state index contributed by atoms with van der Waals surface area (Å²) in [6.45, 7) is 4.06. The van der Waals surface area contributed by atoms with Crippen molar-refractivity contribution >= 4 is 31.9 Å². The molecule has 2 aromatic rings. The van der Waals surface area contributed by atoms with Crippen LogP contribution in [0.1, 0.15) is 83.2 Å². The normalized spacial score (nSPS) is 20.6. The van der Waals surface area contributed by atoms with Gasteiger partial charge in [0.25, 0.3) is 11.8 Å². The van der Waals surface area contributed by atoms with E-state index >= 15 is 0 Å². The zero-order valence-electron chi connectivity index (χ0n) is 27.7. The molecule has 12 heteroatoms. The van der Waals surface area contributed by atoms with E-state index < -0.39 is 20.0 Å². The van der Waals surface area contributed by atoms with Gasteiger partial charge in [-0.3, -0.25) is 9.59 Å². The number of hydrogen-bond donors (Lipinski definition) is 0. The zero-order valence-corrected chi connectivity index (χ0v) is 29.4. The first-order valence-electron chi connectivity index (χ1n) is 16.3. The first-order valence-corrected chi connectivity index (χ1v) is 20.0. The summed E-state index contributed by atoms with van der Waals surface area (Å²) in [6, 6.07) is 14.6. The minimum absolute atomic E-state index is 0.0740. The first kappa shape index (κ1) is 36.0. The summed E-state index contributed by atoms with van der Waals surface area (Å²) >= 11 is 0. The van der Waals surface area contributed by atoms with Crippen LogP contribution >= 0.6 is 0 Å². The highest BCUT2D eigenvalue weighted by Crippen LogP contribution is 2.34. The van der Waals surface area contributed by atoms with Crippen LogP contribution in [-0.2, 0) is 33.1 Å². The Labute approximate surface area is 275 Å². The van der Waals surface area contributed by atoms with Gasteiger partial charge in [0.15, 0.2) is 0 Å². The van der Waals surface area contributed by atoms with E-state index in [2.05, 4.69) is 0 Å². The minimum atomic E-state index is -3.20. The lowest BCUT2D eigenvalue weighted by atomic mass is 9.84. The molecule has 3 heterocycles. The van der Waals surface area contributed by atoms with Crippen LogP contribution in [0.15, 0.2) is 48.5 Å². The third-order valence-corrected chi connectivity index (χ3v) is 12.0. The summed E-state index contributed by atoms with van der Waals surface area (Å²) < 4.78 is 48.4. The minimum Gasteiger partial charge on any atom is -0.339 e. The Kier molecular flexibility index (Phi) is 12.4. The van der Waals surface area contributed by atoms with Gasteiger partial charge in [-0.25, -0.2) is 25.4 Å². The molecule has 1 saturated carbocycles. The van der Waals surface area contributed by atoms with Crippen molar-refractivity contribution in [2.75, 3.05) is 52.8 Å². The smallest absolute Gasteiger partial charge is 0.253 e. The molecule has 4 fully saturated rings. The number of amides is 2. The number of sulfonamides is 2. The second kappa shape index (κ2) is 15.9. The maximum Gasteiger partial charge on any atom is 0.253 e. The van der Waals surface area contributed by atoms with Gasteiger partial charge in [-0.2, -0.15) is 0 Å². The molecule has 10 nitrogen and oxygen atoms in total. The van der Waals surface area contributed by atoms with Gasteiger partial charge in [-0.05, 0) is 85.8 Å². The van der Waals surface area contributed by atoms with E-state index in [0.29, 0.717) is 36.1 Å². The van der Waals surface area contributed by atoms with Crippen LogP contribution < -0.4 is 0 Å². The molecule has 4 aliphatic rings. The van der Waals surface area contributed by atoms with Gasteiger partial charge in [-0.15, -0.1) is 0 Å². The van der Waals surface area contributed by atoms with Gasteiger partial charge in [-0.1, -0.05) is 37.1 Å². The van der Waals surface area contributed by atoms with Crippen LogP contribution in [0, 0.1) is 11.8 Å². The highest BCUT2D eigenvalue weighted by Gasteiger charge is 2.32. The average Bonchev–Trinajstić information content (AvgIpc) is 3.50. The Hall–Kier alpha value is -2.80. The number of fused-ring (bicyclic) bond motifs is 4. The molecule has 2 amide bonds. The zero-order chi connectivity index (χ0) is 33.5. The summed E-state index contributed by atoms with van der Waals surface area (Å²) in [5.41, 5.74) is 3.13. The lowest BCUT2D eigenvalue weighted by Gasteiger charge is -2.23. The van der Waals surface area contributed by atoms with Crippen molar-refractivity contribution in [3.63, 3.8) is 0 Å². The molecule has 0 atom stereocenters. The Morgan fingerprint density at radius 3 is 1.30 bits per heavy atom. The number of nitrogens with zero attached hydrogens (tertiary/aromatic N) is 4. The summed E-state index contributed by atoms with van der Waals surface area (Å²) in [5.74, 6) is 1.51. The molecular weight excluding hydrogens is 625 g/mol. The van der Waals surface area contributed by atoms with E-state index in [4.69, 9.17) is 0 Å². The average molecular weight is 675 g/mol. The second-order valence-corrected chi connectivity index (χ2v) is 17.4. The molecule has 2 aromatic carbocycles. The van der Waals surface area contributed by atoms with Crippen LogP contribution in [0.25, 0.3) is 0 Å². The van der Waals surface area contributed by atoms with Crippen LogP contribution in [0.4, 0.5) is 0 Å². The van der Waals surface area contributed by atoms with E-state index in [9.17, 15) is 26.4 Å². The Balaban J connectivity index is 0.000000210. The van der Waals surface area contributed by atoms with Crippen molar-refractivity contribution in [2.24, 2.45) is 11.8 Å². The number of rotatable bonds is 8. The fourth-order valence-corrected chi connectivity index (χ4v) is 7.12. The summed E-state index contributed by atoms with van der Waals surface area (Å²) in [7, 11) is -3.28. The molecule has 0 radical (unpaired) electrons. The maximum atomic E-state index is 12.8. The Morgan fingerprint density at radius 2 is 0.957 bits per heavy atom. The number of benzene rings is 2. The number of likely N-dealkylation sites (tertiary alicyclic amines) is 1. The number of carbonyl (C=O) groups is 2. The molecule has 3 saturated heterocycles. The van der Waals surface area contributed by atoms with Gasteiger partial charge in [0.2, 0.25) is 20.0 Å². The third-order valence-electron chi connectivity index (χ3n) is 9.45. The van der Waals surface area contributed by atoms with Crippen LogP contribution in [0.5, 0.6) is 0 Å². The summed E-state index contributed by atoms with van der Waals surface area (Å²) in [4.78, 5) is 29.2. The van der Waals surface area contributed by atoms with Crippen molar-refractivity contribution in [2.45, 2.75) is 64.5 Å². The topological polar surface area (TPSA) is 115 Å².